The number of nitro groups is 1. The number of thiazole rings is 1. The van der Waals surface area contributed by atoms with E-state index in [2.05, 4.69) is 20.7 Å². The first-order valence-corrected chi connectivity index (χ1v) is 7.30. The van der Waals surface area contributed by atoms with Crippen LogP contribution in [0.1, 0.15) is 35.0 Å². The third-order valence-corrected chi connectivity index (χ3v) is 4.26. The highest BCUT2D eigenvalue weighted by atomic mass is 32.1. The molecule has 6 nitrogen and oxygen atoms in total. The zero-order chi connectivity index (χ0) is 14.1. The van der Waals surface area contributed by atoms with E-state index in [1.165, 1.54) is 30.1 Å². The number of aromatic nitrogens is 2. The van der Waals surface area contributed by atoms with Crippen LogP contribution < -0.4 is 5.32 Å². The van der Waals surface area contributed by atoms with Gasteiger partial charge in [0.2, 0.25) is 0 Å². The molecule has 0 saturated heterocycles. The van der Waals surface area contributed by atoms with Gasteiger partial charge in [-0.25, -0.2) is 9.97 Å². The van der Waals surface area contributed by atoms with Crippen LogP contribution in [0.3, 0.4) is 0 Å². The summed E-state index contributed by atoms with van der Waals surface area (Å²) in [5.41, 5.74) is 1.77. The first-order valence-electron chi connectivity index (χ1n) is 6.42. The van der Waals surface area contributed by atoms with Crippen molar-refractivity contribution >= 4 is 22.8 Å². The minimum absolute atomic E-state index is 0.0118. The van der Waals surface area contributed by atoms with Crippen molar-refractivity contribution in [3.05, 3.63) is 44.0 Å². The Morgan fingerprint density at radius 1 is 1.55 bits per heavy atom. The molecule has 7 heteroatoms. The van der Waals surface area contributed by atoms with Crippen molar-refractivity contribution in [1.82, 2.24) is 9.97 Å². The number of aryl methyl sites for hydroxylation is 1. The van der Waals surface area contributed by atoms with E-state index in [1.54, 1.807) is 18.3 Å². The molecule has 1 fully saturated rings. The Balaban J connectivity index is 1.66. The molecule has 1 saturated carbocycles. The van der Waals surface area contributed by atoms with Crippen molar-refractivity contribution < 1.29 is 4.92 Å². The van der Waals surface area contributed by atoms with E-state index >= 15 is 0 Å². The van der Waals surface area contributed by atoms with Crippen LogP contribution in [0, 0.1) is 17.0 Å². The molecule has 104 valence electrons. The number of rotatable bonds is 5. The molecule has 0 unspecified atom stereocenters. The molecule has 0 amide bonds. The van der Waals surface area contributed by atoms with Gasteiger partial charge in [0.15, 0.2) is 0 Å². The van der Waals surface area contributed by atoms with Gasteiger partial charge in [0.1, 0.15) is 12.0 Å². The number of hydrogen-bond donors (Lipinski definition) is 1. The van der Waals surface area contributed by atoms with Crippen molar-refractivity contribution in [2.75, 3.05) is 5.32 Å². The van der Waals surface area contributed by atoms with Crippen molar-refractivity contribution in [2.24, 2.45) is 0 Å². The predicted molar refractivity (Wildman–Crippen MR) is 77.0 cm³/mol. The van der Waals surface area contributed by atoms with Gasteiger partial charge in [0.05, 0.1) is 22.2 Å². The molecule has 0 aliphatic heterocycles. The van der Waals surface area contributed by atoms with E-state index in [1.807, 2.05) is 0 Å². The van der Waals surface area contributed by atoms with Gasteiger partial charge in [0.25, 0.3) is 5.69 Å². The van der Waals surface area contributed by atoms with Crippen molar-refractivity contribution in [3.63, 3.8) is 0 Å². The molecule has 0 aromatic carbocycles. The Labute approximate surface area is 120 Å². The van der Waals surface area contributed by atoms with Crippen LogP contribution in [0.25, 0.3) is 0 Å². The third kappa shape index (κ3) is 2.77. The van der Waals surface area contributed by atoms with Gasteiger partial charge >= 0.3 is 0 Å². The molecule has 0 spiro atoms. The lowest BCUT2D eigenvalue weighted by Gasteiger charge is -2.06. The molecule has 2 heterocycles. The normalized spacial score (nSPS) is 14.2. The minimum atomic E-state index is -0.438. The Kier molecular flexibility index (Phi) is 3.35. The number of anilines is 1. The highest BCUT2D eigenvalue weighted by Crippen LogP contribution is 2.41. The van der Waals surface area contributed by atoms with Gasteiger partial charge in [-0.15, -0.1) is 11.3 Å². The Morgan fingerprint density at radius 3 is 3.00 bits per heavy atom. The molecular weight excluding hydrogens is 276 g/mol. The summed E-state index contributed by atoms with van der Waals surface area (Å²) < 4.78 is 0. The van der Waals surface area contributed by atoms with Crippen LogP contribution in [0.2, 0.25) is 0 Å². The van der Waals surface area contributed by atoms with Gasteiger partial charge in [0, 0.05) is 17.4 Å². The summed E-state index contributed by atoms with van der Waals surface area (Å²) in [6.45, 7) is 2.40. The highest BCUT2D eigenvalue weighted by molar-refractivity contribution is 7.09. The second kappa shape index (κ2) is 5.16. The fourth-order valence-electron chi connectivity index (χ4n) is 1.94. The van der Waals surface area contributed by atoms with Crippen LogP contribution in [-0.2, 0) is 6.54 Å². The SMILES string of the molecule is Cc1cc([N+](=O)[O-])cnc1NCc1csc(C2CC2)n1. The maximum absolute atomic E-state index is 10.7. The first-order chi connectivity index (χ1) is 9.63. The van der Waals surface area contributed by atoms with Gasteiger partial charge in [-0.2, -0.15) is 0 Å². The second-order valence-corrected chi connectivity index (χ2v) is 5.81. The largest absolute Gasteiger partial charge is 0.364 e. The zero-order valence-electron chi connectivity index (χ0n) is 11.0. The summed E-state index contributed by atoms with van der Waals surface area (Å²) in [5, 5.41) is 17.1. The zero-order valence-corrected chi connectivity index (χ0v) is 11.8. The monoisotopic (exact) mass is 290 g/mol. The number of nitrogens with one attached hydrogen (secondary N) is 1. The van der Waals surface area contributed by atoms with E-state index < -0.39 is 4.92 Å². The lowest BCUT2D eigenvalue weighted by Crippen LogP contribution is -2.04. The highest BCUT2D eigenvalue weighted by Gasteiger charge is 2.26. The molecular formula is C13H14N4O2S. The lowest BCUT2D eigenvalue weighted by molar-refractivity contribution is -0.385. The van der Waals surface area contributed by atoms with E-state index in [0.29, 0.717) is 18.3 Å². The fraction of sp³-hybridized carbons (Fsp3) is 0.385. The van der Waals surface area contributed by atoms with E-state index in [-0.39, 0.29) is 5.69 Å². The van der Waals surface area contributed by atoms with Crippen molar-refractivity contribution in [3.8, 4) is 0 Å². The molecule has 2 aromatic rings. The average molecular weight is 290 g/mol. The molecule has 0 atom stereocenters. The molecule has 1 aliphatic carbocycles. The molecule has 0 radical (unpaired) electrons. The Bertz CT molecular complexity index is 652. The summed E-state index contributed by atoms with van der Waals surface area (Å²) in [7, 11) is 0. The number of hydrogen-bond acceptors (Lipinski definition) is 6. The first kappa shape index (κ1) is 13.0. The number of nitrogens with zero attached hydrogens (tertiary/aromatic N) is 3. The Hall–Kier alpha value is -2.02. The molecule has 1 aliphatic rings. The summed E-state index contributed by atoms with van der Waals surface area (Å²) >= 11 is 1.71. The number of pyridine rings is 1. The Morgan fingerprint density at radius 2 is 2.35 bits per heavy atom. The molecule has 20 heavy (non-hydrogen) atoms. The van der Waals surface area contributed by atoms with Crippen molar-refractivity contribution in [2.45, 2.75) is 32.2 Å². The molecule has 2 aromatic heterocycles. The maximum atomic E-state index is 10.7. The van der Waals surface area contributed by atoms with E-state index in [4.69, 9.17) is 0 Å². The van der Waals surface area contributed by atoms with Crippen LogP contribution in [0.15, 0.2) is 17.6 Å². The molecule has 1 N–H and O–H groups in total. The minimum Gasteiger partial charge on any atom is -0.364 e. The standard InChI is InChI=1S/C13H14N4O2S/c1-8-4-11(17(18)19)6-15-12(8)14-5-10-7-20-13(16-10)9-2-3-9/h4,6-7,9H,2-3,5H2,1H3,(H,14,15). The smallest absolute Gasteiger partial charge is 0.287 e. The lowest BCUT2D eigenvalue weighted by atomic mass is 10.2. The van der Waals surface area contributed by atoms with Crippen LogP contribution in [0.4, 0.5) is 11.5 Å². The molecule has 3 rings (SSSR count). The van der Waals surface area contributed by atoms with Gasteiger partial charge in [-0.1, -0.05) is 0 Å². The van der Waals surface area contributed by atoms with Crippen LogP contribution >= 0.6 is 11.3 Å². The summed E-state index contributed by atoms with van der Waals surface area (Å²) in [4.78, 5) is 18.9. The summed E-state index contributed by atoms with van der Waals surface area (Å²) in [6, 6.07) is 1.52. The topological polar surface area (TPSA) is 81.0 Å². The summed E-state index contributed by atoms with van der Waals surface area (Å²) in [5.74, 6) is 1.34. The fourth-order valence-corrected chi connectivity index (χ4v) is 2.93. The van der Waals surface area contributed by atoms with Crippen LogP contribution in [-0.4, -0.2) is 14.9 Å². The average Bonchev–Trinajstić information content (AvgIpc) is 3.17. The maximum Gasteiger partial charge on any atom is 0.287 e. The third-order valence-electron chi connectivity index (χ3n) is 3.21. The quantitative estimate of drug-likeness (QED) is 0.675. The van der Waals surface area contributed by atoms with Crippen LogP contribution in [0.5, 0.6) is 0 Å². The predicted octanol–water partition coefficient (Wildman–Crippen LogP) is 3.24. The van der Waals surface area contributed by atoms with Gasteiger partial charge < -0.3 is 5.32 Å². The van der Waals surface area contributed by atoms with Crippen molar-refractivity contribution in [1.29, 1.82) is 0 Å². The molecule has 0 bridgehead atoms. The van der Waals surface area contributed by atoms with Gasteiger partial charge in [-0.05, 0) is 25.3 Å². The second-order valence-electron chi connectivity index (χ2n) is 4.92. The summed E-state index contributed by atoms with van der Waals surface area (Å²) in [6.07, 6.45) is 3.78. The van der Waals surface area contributed by atoms with E-state index in [9.17, 15) is 10.1 Å². The van der Waals surface area contributed by atoms with Gasteiger partial charge in [-0.3, -0.25) is 10.1 Å². The van der Waals surface area contributed by atoms with E-state index in [0.717, 1.165) is 11.3 Å².